The molecule has 6 nitrogen and oxygen atoms in total. The van der Waals surface area contributed by atoms with Crippen LogP contribution in [0.2, 0.25) is 0 Å². The Morgan fingerprint density at radius 2 is 2.06 bits per heavy atom. The Bertz CT molecular complexity index is 1140. The number of aromatic hydroxyl groups is 1. The first-order chi connectivity index (χ1) is 15.9. The van der Waals surface area contributed by atoms with E-state index in [-0.39, 0.29) is 23.9 Å². The maximum Gasteiger partial charge on any atom is 0.160 e. The highest BCUT2D eigenvalue weighted by Gasteiger charge is 2.55. The van der Waals surface area contributed by atoms with Crippen molar-refractivity contribution in [3.8, 4) is 17.6 Å². The van der Waals surface area contributed by atoms with Gasteiger partial charge in [0.05, 0.1) is 30.6 Å². The van der Waals surface area contributed by atoms with Crippen LogP contribution < -0.4 is 4.74 Å². The third-order valence-electron chi connectivity index (χ3n) is 8.34. The van der Waals surface area contributed by atoms with E-state index in [1.54, 1.807) is 25.3 Å². The van der Waals surface area contributed by atoms with Crippen molar-refractivity contribution in [3.63, 3.8) is 0 Å². The van der Waals surface area contributed by atoms with E-state index in [0.29, 0.717) is 29.1 Å². The van der Waals surface area contributed by atoms with E-state index in [2.05, 4.69) is 18.1 Å². The van der Waals surface area contributed by atoms with Crippen molar-refractivity contribution in [2.24, 2.45) is 22.4 Å². The monoisotopic (exact) mass is 446 g/mol. The van der Waals surface area contributed by atoms with Crippen LogP contribution in [0.5, 0.6) is 11.5 Å². The van der Waals surface area contributed by atoms with E-state index in [9.17, 15) is 10.2 Å². The third kappa shape index (κ3) is 3.65. The van der Waals surface area contributed by atoms with Crippen molar-refractivity contribution in [1.29, 1.82) is 5.26 Å². The summed E-state index contributed by atoms with van der Waals surface area (Å²) < 4.78 is 5.42. The first kappa shape index (κ1) is 21.8. The SMILES string of the molecule is COc1cc2c(cc1O)C(=NOCc1cccc(C#N)c1)C[C@@H]1[C@@H]2CC[C@]2(C)[C@@H](O)CC[C@@H]12. The summed E-state index contributed by atoms with van der Waals surface area (Å²) in [5, 5.41) is 34.9. The van der Waals surface area contributed by atoms with Gasteiger partial charge in [0.25, 0.3) is 0 Å². The molecule has 0 amide bonds. The van der Waals surface area contributed by atoms with E-state index in [0.717, 1.165) is 54.5 Å². The quantitative estimate of drug-likeness (QED) is 0.654. The number of oxime groups is 1. The number of benzene rings is 2. The zero-order valence-electron chi connectivity index (χ0n) is 19.1. The molecule has 3 aliphatic carbocycles. The summed E-state index contributed by atoms with van der Waals surface area (Å²) in [6.45, 7) is 2.51. The lowest BCUT2D eigenvalue weighted by Crippen LogP contribution is -2.45. The summed E-state index contributed by atoms with van der Waals surface area (Å²) in [6.07, 6.45) is 4.40. The van der Waals surface area contributed by atoms with Crippen LogP contribution in [-0.4, -0.2) is 29.1 Å². The van der Waals surface area contributed by atoms with Gasteiger partial charge in [-0.25, -0.2) is 0 Å². The predicted octanol–water partition coefficient (Wildman–Crippen LogP) is 4.87. The number of phenols is 1. The molecule has 2 aromatic rings. The molecule has 0 aromatic heterocycles. The molecule has 0 saturated heterocycles. The first-order valence-electron chi connectivity index (χ1n) is 11.7. The van der Waals surface area contributed by atoms with Gasteiger partial charge in [-0.05, 0) is 90.7 Å². The number of aliphatic hydroxyl groups is 1. The van der Waals surface area contributed by atoms with Gasteiger partial charge in [-0.1, -0.05) is 24.2 Å². The summed E-state index contributed by atoms with van der Waals surface area (Å²) in [5.74, 6) is 1.72. The van der Waals surface area contributed by atoms with Crippen LogP contribution in [0.4, 0.5) is 0 Å². The van der Waals surface area contributed by atoms with Crippen molar-refractivity contribution in [3.05, 3.63) is 58.7 Å². The number of ether oxygens (including phenoxy) is 1. The number of nitriles is 1. The van der Waals surface area contributed by atoms with Gasteiger partial charge in [-0.2, -0.15) is 5.26 Å². The topological polar surface area (TPSA) is 95.1 Å². The molecule has 2 aromatic carbocycles. The molecule has 33 heavy (non-hydrogen) atoms. The Kier molecular flexibility index (Phi) is 5.54. The second-order valence-corrected chi connectivity index (χ2v) is 9.95. The van der Waals surface area contributed by atoms with Gasteiger partial charge in [0.1, 0.15) is 6.61 Å². The molecule has 2 fully saturated rings. The first-order valence-corrected chi connectivity index (χ1v) is 11.7. The minimum atomic E-state index is -0.247. The van der Waals surface area contributed by atoms with Crippen molar-refractivity contribution >= 4 is 5.71 Å². The normalized spacial score (nSPS) is 31.3. The molecule has 0 aliphatic heterocycles. The van der Waals surface area contributed by atoms with Crippen LogP contribution in [0.25, 0.3) is 0 Å². The molecule has 2 saturated carbocycles. The van der Waals surface area contributed by atoms with Gasteiger partial charge in [0.15, 0.2) is 11.5 Å². The number of rotatable bonds is 4. The fourth-order valence-electron chi connectivity index (χ4n) is 6.57. The Morgan fingerprint density at radius 1 is 1.21 bits per heavy atom. The summed E-state index contributed by atoms with van der Waals surface area (Å²) in [5.41, 5.74) is 4.32. The van der Waals surface area contributed by atoms with E-state index in [1.807, 2.05) is 18.2 Å². The Hall–Kier alpha value is -3.04. The number of hydrogen-bond donors (Lipinski definition) is 2. The van der Waals surface area contributed by atoms with Crippen LogP contribution in [0.15, 0.2) is 41.6 Å². The van der Waals surface area contributed by atoms with Crippen molar-refractivity contribution in [2.75, 3.05) is 7.11 Å². The second-order valence-electron chi connectivity index (χ2n) is 9.95. The van der Waals surface area contributed by atoms with Crippen molar-refractivity contribution in [2.45, 2.75) is 57.7 Å². The zero-order chi connectivity index (χ0) is 23.2. The number of hydrogen-bond acceptors (Lipinski definition) is 6. The molecule has 0 spiro atoms. The maximum absolute atomic E-state index is 10.7. The van der Waals surface area contributed by atoms with E-state index in [4.69, 9.17) is 14.8 Å². The van der Waals surface area contributed by atoms with Crippen LogP contribution in [0, 0.1) is 28.6 Å². The molecule has 0 heterocycles. The maximum atomic E-state index is 10.7. The van der Waals surface area contributed by atoms with Crippen LogP contribution in [0.3, 0.4) is 0 Å². The number of methoxy groups -OCH3 is 1. The average molecular weight is 447 g/mol. The lowest BCUT2D eigenvalue weighted by atomic mass is 9.55. The highest BCUT2D eigenvalue weighted by molar-refractivity contribution is 6.03. The average Bonchev–Trinajstić information content (AvgIpc) is 3.13. The highest BCUT2D eigenvalue weighted by Crippen LogP contribution is 2.61. The fourth-order valence-corrected chi connectivity index (χ4v) is 6.57. The molecule has 0 unspecified atom stereocenters. The largest absolute Gasteiger partial charge is 0.504 e. The van der Waals surface area contributed by atoms with E-state index >= 15 is 0 Å². The van der Waals surface area contributed by atoms with Gasteiger partial charge >= 0.3 is 0 Å². The predicted molar refractivity (Wildman–Crippen MR) is 124 cm³/mol. The summed E-state index contributed by atoms with van der Waals surface area (Å²) in [6, 6.07) is 13.2. The van der Waals surface area contributed by atoms with Gasteiger partial charge in [0.2, 0.25) is 0 Å². The fraction of sp³-hybridized carbons (Fsp3) is 0.481. The smallest absolute Gasteiger partial charge is 0.160 e. The summed E-state index contributed by atoms with van der Waals surface area (Å²) in [4.78, 5) is 5.77. The molecule has 0 bridgehead atoms. The van der Waals surface area contributed by atoms with Crippen LogP contribution in [0.1, 0.15) is 67.2 Å². The van der Waals surface area contributed by atoms with Gasteiger partial charge in [0, 0.05) is 5.56 Å². The minimum Gasteiger partial charge on any atom is -0.504 e. The molecule has 0 radical (unpaired) electrons. The van der Waals surface area contributed by atoms with E-state index < -0.39 is 0 Å². The minimum absolute atomic E-state index is 0.0522. The van der Waals surface area contributed by atoms with Crippen LogP contribution >= 0.6 is 0 Å². The lowest BCUT2D eigenvalue weighted by Gasteiger charge is -2.50. The summed E-state index contributed by atoms with van der Waals surface area (Å²) >= 11 is 0. The van der Waals surface area contributed by atoms with Gasteiger partial charge in [-0.3, -0.25) is 0 Å². The number of aliphatic hydroxyl groups excluding tert-OH is 1. The number of nitrogens with zero attached hydrogens (tertiary/aromatic N) is 2. The highest BCUT2D eigenvalue weighted by atomic mass is 16.6. The molecule has 6 heteroatoms. The lowest BCUT2D eigenvalue weighted by molar-refractivity contribution is -0.0180. The molecule has 172 valence electrons. The van der Waals surface area contributed by atoms with Crippen LogP contribution in [-0.2, 0) is 11.4 Å². The standard InChI is InChI=1S/C27H30N2O4/c1-27-9-8-18-19-13-25(32-2)24(30)12-21(19)23(11-20(18)22(27)6-7-26(27)31)29-33-15-17-5-3-4-16(10-17)14-28/h3-5,10,12-13,18,20,22,26,30-31H,6-9,11,15H2,1-2H3/t18-,20-,22+,26+,27+/m1/s1. The zero-order valence-corrected chi connectivity index (χ0v) is 19.1. The molecule has 5 atom stereocenters. The van der Waals surface area contributed by atoms with Crippen molar-refractivity contribution < 1.29 is 19.8 Å². The summed E-state index contributed by atoms with van der Waals surface area (Å²) in [7, 11) is 1.57. The Labute approximate surface area is 194 Å². The Morgan fingerprint density at radius 3 is 2.85 bits per heavy atom. The molecule has 2 N–H and O–H groups in total. The van der Waals surface area contributed by atoms with Crippen molar-refractivity contribution in [1.82, 2.24) is 0 Å². The molecular formula is C27H30N2O4. The Balaban J connectivity index is 1.49. The second kappa shape index (κ2) is 8.39. The number of phenolic OH excluding ortho intramolecular Hbond substituents is 1. The van der Waals surface area contributed by atoms with E-state index in [1.165, 1.54) is 0 Å². The molecule has 5 rings (SSSR count). The number of fused-ring (bicyclic) bond motifs is 5. The molecular weight excluding hydrogens is 416 g/mol. The third-order valence-corrected chi connectivity index (χ3v) is 8.34. The van der Waals surface area contributed by atoms with Gasteiger partial charge in [-0.15, -0.1) is 0 Å². The molecule has 3 aliphatic rings. The van der Waals surface area contributed by atoms with Gasteiger partial charge < -0.3 is 19.8 Å².